The molecule has 0 saturated heterocycles. The summed E-state index contributed by atoms with van der Waals surface area (Å²) in [7, 11) is 1.53. The Balaban J connectivity index is 2.14. The zero-order valence-electron chi connectivity index (χ0n) is 14.8. The van der Waals surface area contributed by atoms with E-state index < -0.39 is 6.04 Å². The van der Waals surface area contributed by atoms with Crippen molar-refractivity contribution in [3.8, 4) is 5.75 Å². The van der Waals surface area contributed by atoms with E-state index in [0.717, 1.165) is 10.0 Å². The molecule has 27 heavy (non-hydrogen) atoms. The highest BCUT2D eigenvalue weighted by Gasteiger charge is 2.26. The predicted molar refractivity (Wildman–Crippen MR) is 110 cm³/mol. The molecule has 0 aliphatic heterocycles. The molecule has 1 unspecified atom stereocenters. The number of carbonyl (C=O) groups excluding carboxylic acids is 2. The van der Waals surface area contributed by atoms with Crippen LogP contribution in [0, 0.1) is 0 Å². The maximum Gasteiger partial charge on any atom is 0.261 e. The fraction of sp³-hybridized carbons (Fsp3) is 0.263. The fourth-order valence-electron chi connectivity index (χ4n) is 2.39. The second-order valence-electron chi connectivity index (χ2n) is 5.80. The molecule has 2 aromatic rings. The molecular formula is C19H19BrCl2N2O3. The maximum atomic E-state index is 12.8. The van der Waals surface area contributed by atoms with E-state index in [-0.39, 0.29) is 25.0 Å². The van der Waals surface area contributed by atoms with Gasteiger partial charge in [-0.2, -0.15) is 0 Å². The summed E-state index contributed by atoms with van der Waals surface area (Å²) in [6.07, 6.45) is 0. The van der Waals surface area contributed by atoms with E-state index in [1.54, 1.807) is 37.3 Å². The lowest BCUT2D eigenvalue weighted by molar-refractivity contribution is -0.142. The summed E-state index contributed by atoms with van der Waals surface area (Å²) in [5.74, 6) is -0.203. The van der Waals surface area contributed by atoms with Crippen molar-refractivity contribution < 1.29 is 14.3 Å². The number of halogens is 3. The van der Waals surface area contributed by atoms with E-state index in [4.69, 9.17) is 27.9 Å². The minimum absolute atomic E-state index is 0.240. The number of rotatable bonds is 7. The summed E-state index contributed by atoms with van der Waals surface area (Å²) >= 11 is 15.3. The molecule has 0 radical (unpaired) electrons. The normalized spacial score (nSPS) is 11.6. The Morgan fingerprint density at radius 3 is 2.44 bits per heavy atom. The average Bonchev–Trinajstić information content (AvgIpc) is 2.65. The molecule has 0 aliphatic rings. The molecule has 0 heterocycles. The summed E-state index contributed by atoms with van der Waals surface area (Å²) in [5, 5.41) is 3.55. The molecule has 1 N–H and O–H groups in total. The zero-order valence-corrected chi connectivity index (χ0v) is 17.9. The van der Waals surface area contributed by atoms with Crippen molar-refractivity contribution in [3.63, 3.8) is 0 Å². The Labute approximate surface area is 176 Å². The molecule has 0 saturated carbocycles. The van der Waals surface area contributed by atoms with E-state index in [0.29, 0.717) is 15.8 Å². The highest BCUT2D eigenvalue weighted by Crippen LogP contribution is 2.27. The number of likely N-dealkylation sites (N-methyl/N-ethyl adjacent to an activating group) is 1. The largest absolute Gasteiger partial charge is 0.482 e. The first-order valence-electron chi connectivity index (χ1n) is 8.15. The molecule has 2 rings (SSSR count). The zero-order chi connectivity index (χ0) is 20.0. The highest BCUT2D eigenvalue weighted by molar-refractivity contribution is 9.10. The maximum absolute atomic E-state index is 12.8. The third-order valence-corrected chi connectivity index (χ3v) is 4.97. The van der Waals surface area contributed by atoms with E-state index in [1.165, 1.54) is 11.9 Å². The summed E-state index contributed by atoms with van der Waals surface area (Å²) in [5.41, 5.74) is 0.852. The van der Waals surface area contributed by atoms with E-state index >= 15 is 0 Å². The molecule has 0 bridgehead atoms. The molecule has 2 aromatic carbocycles. The highest BCUT2D eigenvalue weighted by atomic mass is 79.9. The van der Waals surface area contributed by atoms with Gasteiger partial charge < -0.3 is 15.0 Å². The van der Waals surface area contributed by atoms with Gasteiger partial charge in [-0.1, -0.05) is 51.3 Å². The lowest BCUT2D eigenvalue weighted by atomic mass is 10.1. The van der Waals surface area contributed by atoms with Gasteiger partial charge in [0.2, 0.25) is 5.91 Å². The summed E-state index contributed by atoms with van der Waals surface area (Å²) in [4.78, 5) is 26.3. The number of nitrogens with zero attached hydrogens (tertiary/aromatic N) is 1. The van der Waals surface area contributed by atoms with Crippen molar-refractivity contribution >= 4 is 50.9 Å². The summed E-state index contributed by atoms with van der Waals surface area (Å²) < 4.78 is 6.37. The van der Waals surface area contributed by atoms with Gasteiger partial charge >= 0.3 is 0 Å². The van der Waals surface area contributed by atoms with Gasteiger partial charge in [-0.05, 0) is 42.8 Å². The van der Waals surface area contributed by atoms with Crippen LogP contribution in [0.4, 0.5) is 0 Å². The lowest BCUT2D eigenvalue weighted by Gasteiger charge is -2.28. The van der Waals surface area contributed by atoms with Crippen LogP contribution in [0.25, 0.3) is 0 Å². The second-order valence-corrected chi connectivity index (χ2v) is 7.56. The van der Waals surface area contributed by atoms with Crippen LogP contribution in [0.2, 0.25) is 10.0 Å². The van der Waals surface area contributed by atoms with Crippen molar-refractivity contribution in [2.24, 2.45) is 0 Å². The third kappa shape index (κ3) is 6.13. The molecule has 144 valence electrons. The predicted octanol–water partition coefficient (Wildman–Crippen LogP) is 4.30. The van der Waals surface area contributed by atoms with Crippen molar-refractivity contribution in [2.45, 2.75) is 19.5 Å². The van der Waals surface area contributed by atoms with Crippen LogP contribution >= 0.6 is 39.1 Å². The van der Waals surface area contributed by atoms with Crippen LogP contribution < -0.4 is 10.1 Å². The second kappa shape index (κ2) is 9.97. The first-order valence-corrected chi connectivity index (χ1v) is 9.70. The monoisotopic (exact) mass is 472 g/mol. The minimum Gasteiger partial charge on any atom is -0.482 e. The molecule has 8 heteroatoms. The van der Waals surface area contributed by atoms with E-state index in [1.807, 2.05) is 12.1 Å². The van der Waals surface area contributed by atoms with Crippen LogP contribution in [0.1, 0.15) is 12.5 Å². The summed E-state index contributed by atoms with van der Waals surface area (Å²) in [6, 6.07) is 11.6. The molecule has 5 nitrogen and oxygen atoms in total. The van der Waals surface area contributed by atoms with Crippen molar-refractivity contribution in [3.05, 3.63) is 62.5 Å². The Morgan fingerprint density at radius 2 is 1.85 bits per heavy atom. The topological polar surface area (TPSA) is 58.6 Å². The summed E-state index contributed by atoms with van der Waals surface area (Å²) in [6.45, 7) is 1.68. The van der Waals surface area contributed by atoms with Gasteiger partial charge in [0.1, 0.15) is 11.8 Å². The molecule has 2 amide bonds. The fourth-order valence-corrected chi connectivity index (χ4v) is 3.25. The number of amides is 2. The first kappa shape index (κ1) is 21.5. The Kier molecular flexibility index (Phi) is 7.95. The van der Waals surface area contributed by atoms with Gasteiger partial charge in [-0.25, -0.2) is 0 Å². The molecule has 0 aliphatic carbocycles. The van der Waals surface area contributed by atoms with Gasteiger partial charge in [0.25, 0.3) is 5.91 Å². The number of ether oxygens (including phenoxy) is 1. The first-order chi connectivity index (χ1) is 12.8. The SMILES string of the molecule is CNC(=O)C(C)N(Cc1ccc(Cl)cc1)C(=O)COc1ccc(Br)cc1Cl. The Hall–Kier alpha value is -1.76. The van der Waals surface area contributed by atoms with Crippen LogP contribution in [-0.2, 0) is 16.1 Å². The van der Waals surface area contributed by atoms with E-state index in [9.17, 15) is 9.59 Å². The van der Waals surface area contributed by atoms with Crippen molar-refractivity contribution in [2.75, 3.05) is 13.7 Å². The Morgan fingerprint density at radius 1 is 1.19 bits per heavy atom. The van der Waals surface area contributed by atoms with Crippen molar-refractivity contribution in [1.29, 1.82) is 0 Å². The average molecular weight is 474 g/mol. The number of hydrogen-bond acceptors (Lipinski definition) is 3. The molecule has 1 atom stereocenters. The van der Waals surface area contributed by atoms with Gasteiger partial charge in [-0.3, -0.25) is 9.59 Å². The van der Waals surface area contributed by atoms with Gasteiger partial charge in [0, 0.05) is 23.1 Å². The van der Waals surface area contributed by atoms with E-state index in [2.05, 4.69) is 21.2 Å². The number of carbonyl (C=O) groups is 2. The third-order valence-electron chi connectivity index (χ3n) is 3.92. The lowest BCUT2D eigenvalue weighted by Crippen LogP contribution is -2.48. The van der Waals surface area contributed by atoms with Crippen LogP contribution in [0.15, 0.2) is 46.9 Å². The molecule has 0 spiro atoms. The van der Waals surface area contributed by atoms with Gasteiger partial charge in [-0.15, -0.1) is 0 Å². The standard InChI is InChI=1S/C19H19BrCl2N2O3/c1-12(19(26)23-2)24(10-13-3-6-15(21)7-4-13)18(25)11-27-17-8-5-14(20)9-16(17)22/h3-9,12H,10-11H2,1-2H3,(H,23,26). The van der Waals surface area contributed by atoms with Gasteiger partial charge in [0.05, 0.1) is 5.02 Å². The minimum atomic E-state index is -0.665. The number of nitrogens with one attached hydrogen (secondary N) is 1. The molecular weight excluding hydrogens is 455 g/mol. The molecule has 0 fully saturated rings. The van der Waals surface area contributed by atoms with Crippen molar-refractivity contribution in [1.82, 2.24) is 10.2 Å². The van der Waals surface area contributed by atoms with Gasteiger partial charge in [0.15, 0.2) is 6.61 Å². The smallest absolute Gasteiger partial charge is 0.261 e. The Bertz CT molecular complexity index is 815. The van der Waals surface area contributed by atoms with Crippen LogP contribution in [-0.4, -0.2) is 36.4 Å². The number of hydrogen-bond donors (Lipinski definition) is 1. The van der Waals surface area contributed by atoms with Crippen LogP contribution in [0.3, 0.4) is 0 Å². The number of benzene rings is 2. The van der Waals surface area contributed by atoms with Crippen LogP contribution in [0.5, 0.6) is 5.75 Å². The molecule has 0 aromatic heterocycles. The quantitative estimate of drug-likeness (QED) is 0.652.